The van der Waals surface area contributed by atoms with Gasteiger partial charge in [-0.15, -0.1) is 0 Å². The molecule has 0 aliphatic heterocycles. The van der Waals surface area contributed by atoms with Crippen molar-refractivity contribution in [2.75, 3.05) is 17.4 Å². The highest BCUT2D eigenvalue weighted by Gasteiger charge is 2.35. The molecule has 0 radical (unpaired) electrons. The summed E-state index contributed by atoms with van der Waals surface area (Å²) in [6.07, 6.45) is 1.78. The minimum atomic E-state index is -4.41. The number of halogens is 2. The lowest BCUT2D eigenvalue weighted by Crippen LogP contribution is -2.53. The van der Waals surface area contributed by atoms with Crippen LogP contribution in [0.5, 0.6) is 0 Å². The molecule has 0 saturated heterocycles. The summed E-state index contributed by atoms with van der Waals surface area (Å²) in [5.74, 6) is -1.89. The number of benzene rings is 4. The number of rotatable bonds is 14. The monoisotopic (exact) mass is 649 g/mol. The van der Waals surface area contributed by atoms with Crippen LogP contribution in [0.15, 0.2) is 108 Å². The van der Waals surface area contributed by atoms with E-state index in [0.29, 0.717) is 17.1 Å². The van der Waals surface area contributed by atoms with E-state index in [4.69, 9.17) is 11.6 Å². The van der Waals surface area contributed by atoms with Crippen molar-refractivity contribution in [3.05, 3.63) is 131 Å². The highest BCUT2D eigenvalue weighted by molar-refractivity contribution is 7.92. The molecule has 0 fully saturated rings. The second kappa shape index (κ2) is 15.7. The lowest BCUT2D eigenvalue weighted by molar-refractivity contribution is -0.140. The number of aryl methyl sites for hydroxylation is 1. The minimum absolute atomic E-state index is 0.0765. The summed E-state index contributed by atoms with van der Waals surface area (Å²) in [6, 6.07) is 26.7. The van der Waals surface area contributed by atoms with Gasteiger partial charge in [-0.25, -0.2) is 12.8 Å². The summed E-state index contributed by atoms with van der Waals surface area (Å²) in [6.45, 7) is 3.41. The van der Waals surface area contributed by atoms with E-state index in [0.717, 1.165) is 34.3 Å². The van der Waals surface area contributed by atoms with E-state index in [9.17, 15) is 18.0 Å². The van der Waals surface area contributed by atoms with Crippen molar-refractivity contribution in [2.24, 2.45) is 0 Å². The summed E-state index contributed by atoms with van der Waals surface area (Å²) in [5.41, 5.74) is 1.94. The average molecular weight is 650 g/mol. The molecule has 0 saturated carbocycles. The van der Waals surface area contributed by atoms with Crippen molar-refractivity contribution in [3.63, 3.8) is 0 Å². The number of nitrogens with zero attached hydrogens (tertiary/aromatic N) is 2. The van der Waals surface area contributed by atoms with Gasteiger partial charge >= 0.3 is 0 Å². The van der Waals surface area contributed by atoms with Gasteiger partial charge < -0.3 is 10.2 Å². The number of unbranched alkanes of at least 4 members (excludes halogenated alkanes) is 1. The Kier molecular flexibility index (Phi) is 11.7. The number of hydrogen-bond acceptors (Lipinski definition) is 4. The Balaban J connectivity index is 1.80. The Morgan fingerprint density at radius 2 is 1.53 bits per heavy atom. The van der Waals surface area contributed by atoms with Crippen molar-refractivity contribution in [2.45, 2.75) is 50.6 Å². The molecule has 10 heteroatoms. The first-order valence-electron chi connectivity index (χ1n) is 14.8. The predicted molar refractivity (Wildman–Crippen MR) is 176 cm³/mol. The Morgan fingerprint density at radius 3 is 2.20 bits per heavy atom. The van der Waals surface area contributed by atoms with E-state index in [1.807, 2.05) is 44.2 Å². The summed E-state index contributed by atoms with van der Waals surface area (Å²) >= 11 is 6.51. The molecule has 0 bridgehead atoms. The minimum Gasteiger partial charge on any atom is -0.354 e. The molecular formula is C35H37ClFN3O4S. The summed E-state index contributed by atoms with van der Waals surface area (Å²) < 4.78 is 44.1. The number of sulfonamides is 1. The van der Waals surface area contributed by atoms with E-state index >= 15 is 4.39 Å². The third-order valence-electron chi connectivity index (χ3n) is 7.41. The van der Waals surface area contributed by atoms with Gasteiger partial charge in [-0.2, -0.15) is 0 Å². The SMILES string of the molecule is CCCCNC(=O)[C@@H](Cc1ccccc1)N(Cc1ccccc1Cl)C(=O)CN(c1ccccc1F)S(=O)(=O)c1ccc(C)cc1. The molecular weight excluding hydrogens is 613 g/mol. The van der Waals surface area contributed by atoms with Gasteiger partial charge in [0.2, 0.25) is 11.8 Å². The van der Waals surface area contributed by atoms with Crippen molar-refractivity contribution < 1.29 is 22.4 Å². The van der Waals surface area contributed by atoms with Gasteiger partial charge in [0.25, 0.3) is 10.0 Å². The second-order valence-corrected chi connectivity index (χ2v) is 13.0. The number of nitrogens with one attached hydrogen (secondary N) is 1. The van der Waals surface area contributed by atoms with Crippen molar-refractivity contribution in [1.82, 2.24) is 10.2 Å². The van der Waals surface area contributed by atoms with Crippen LogP contribution in [-0.4, -0.2) is 44.3 Å². The van der Waals surface area contributed by atoms with Crippen LogP contribution >= 0.6 is 11.6 Å². The maximum atomic E-state index is 15.2. The van der Waals surface area contributed by atoms with Crippen LogP contribution in [0.3, 0.4) is 0 Å². The molecule has 1 N–H and O–H groups in total. The molecule has 45 heavy (non-hydrogen) atoms. The lowest BCUT2D eigenvalue weighted by atomic mass is 10.0. The first-order chi connectivity index (χ1) is 21.6. The third-order valence-corrected chi connectivity index (χ3v) is 9.55. The third kappa shape index (κ3) is 8.71. The fourth-order valence-electron chi connectivity index (χ4n) is 4.88. The van der Waals surface area contributed by atoms with Gasteiger partial charge in [0.15, 0.2) is 0 Å². The molecule has 0 spiro atoms. The largest absolute Gasteiger partial charge is 0.354 e. The second-order valence-electron chi connectivity index (χ2n) is 10.7. The van der Waals surface area contributed by atoms with Gasteiger partial charge in [-0.3, -0.25) is 13.9 Å². The molecule has 4 aromatic rings. The number of para-hydroxylation sites is 1. The maximum absolute atomic E-state index is 15.2. The van der Waals surface area contributed by atoms with Crippen LogP contribution in [0.2, 0.25) is 5.02 Å². The molecule has 4 aromatic carbocycles. The van der Waals surface area contributed by atoms with Crippen LogP contribution in [0, 0.1) is 12.7 Å². The van der Waals surface area contributed by atoms with Crippen LogP contribution < -0.4 is 9.62 Å². The van der Waals surface area contributed by atoms with Crippen LogP contribution in [0.25, 0.3) is 0 Å². The van der Waals surface area contributed by atoms with E-state index in [-0.39, 0.29) is 29.5 Å². The van der Waals surface area contributed by atoms with Gasteiger partial charge in [0.1, 0.15) is 18.4 Å². The fraction of sp³-hybridized carbons (Fsp3) is 0.257. The zero-order valence-electron chi connectivity index (χ0n) is 25.3. The van der Waals surface area contributed by atoms with Crippen LogP contribution in [0.1, 0.15) is 36.5 Å². The molecule has 4 rings (SSSR count). The van der Waals surface area contributed by atoms with Gasteiger partial charge in [-0.1, -0.05) is 103 Å². The number of carbonyl (C=O) groups excluding carboxylic acids is 2. The molecule has 0 unspecified atom stereocenters. The van der Waals surface area contributed by atoms with E-state index in [1.54, 1.807) is 36.4 Å². The number of hydrogen-bond donors (Lipinski definition) is 1. The van der Waals surface area contributed by atoms with Crippen LogP contribution in [0.4, 0.5) is 10.1 Å². The van der Waals surface area contributed by atoms with E-state index in [2.05, 4.69) is 5.32 Å². The van der Waals surface area contributed by atoms with Gasteiger partial charge in [0.05, 0.1) is 10.6 Å². The van der Waals surface area contributed by atoms with Crippen molar-refractivity contribution in [3.8, 4) is 0 Å². The maximum Gasteiger partial charge on any atom is 0.264 e. The lowest BCUT2D eigenvalue weighted by Gasteiger charge is -2.34. The Labute approximate surface area is 269 Å². The normalized spacial score (nSPS) is 11.9. The Hall–Kier alpha value is -4.21. The molecule has 0 aliphatic carbocycles. The first-order valence-corrected chi connectivity index (χ1v) is 16.6. The zero-order valence-corrected chi connectivity index (χ0v) is 26.9. The molecule has 7 nitrogen and oxygen atoms in total. The quantitative estimate of drug-likeness (QED) is 0.157. The summed E-state index contributed by atoms with van der Waals surface area (Å²) in [4.78, 5) is 29.4. The topological polar surface area (TPSA) is 86.8 Å². The van der Waals surface area contributed by atoms with E-state index < -0.39 is 34.3 Å². The Bertz CT molecular complexity index is 1700. The van der Waals surface area contributed by atoms with Gasteiger partial charge in [-0.05, 0) is 54.8 Å². The van der Waals surface area contributed by atoms with Crippen LogP contribution in [-0.2, 0) is 32.6 Å². The summed E-state index contributed by atoms with van der Waals surface area (Å²) in [7, 11) is -4.41. The Morgan fingerprint density at radius 1 is 0.889 bits per heavy atom. The first kappa shape index (κ1) is 33.7. The molecule has 0 aromatic heterocycles. The molecule has 0 heterocycles. The molecule has 1 atom stereocenters. The molecule has 236 valence electrons. The van der Waals surface area contributed by atoms with E-state index in [1.165, 1.54) is 35.2 Å². The number of amides is 2. The standard InChI is InChI=1S/C35H37ClFN3O4S/c1-3-4-22-38-35(42)33(23-27-12-6-5-7-13-27)39(24-28-14-8-9-15-30(28)36)34(41)25-40(32-17-11-10-16-31(32)37)45(43,44)29-20-18-26(2)19-21-29/h5-21,33H,3-4,22-25H2,1-2H3,(H,38,42)/t33-/m1/s1. The fourth-order valence-corrected chi connectivity index (χ4v) is 6.49. The van der Waals surface area contributed by atoms with Crippen molar-refractivity contribution >= 4 is 39.1 Å². The van der Waals surface area contributed by atoms with Gasteiger partial charge in [0, 0.05) is 24.5 Å². The van der Waals surface area contributed by atoms with Crippen molar-refractivity contribution in [1.29, 1.82) is 0 Å². The smallest absolute Gasteiger partial charge is 0.264 e. The predicted octanol–water partition coefficient (Wildman–Crippen LogP) is 6.54. The summed E-state index contributed by atoms with van der Waals surface area (Å²) in [5, 5.41) is 3.32. The zero-order chi connectivity index (χ0) is 32.4. The molecule has 0 aliphatic rings. The molecule has 2 amide bonds. The number of carbonyl (C=O) groups is 2. The highest BCUT2D eigenvalue weighted by Crippen LogP contribution is 2.28. The highest BCUT2D eigenvalue weighted by atomic mass is 35.5. The average Bonchev–Trinajstić information content (AvgIpc) is 3.03. The number of anilines is 1.